The van der Waals surface area contributed by atoms with Gasteiger partial charge in [0, 0.05) is 10.9 Å². The molecule has 90 valence electrons. The second-order valence-electron chi connectivity index (χ2n) is 3.85. The Labute approximate surface area is 110 Å². The molecule has 0 bridgehead atoms. The fraction of sp³-hybridized carbons (Fsp3) is 0.308. The second kappa shape index (κ2) is 5.07. The molecule has 0 aliphatic rings. The number of aryl methyl sites for hydroxylation is 2. The van der Waals surface area contributed by atoms with Gasteiger partial charge in [0.1, 0.15) is 5.75 Å². The highest BCUT2D eigenvalue weighted by Crippen LogP contribution is 2.31. The van der Waals surface area contributed by atoms with Crippen LogP contribution >= 0.6 is 22.9 Å². The van der Waals surface area contributed by atoms with Gasteiger partial charge in [-0.3, -0.25) is 0 Å². The zero-order valence-electron chi connectivity index (χ0n) is 10.1. The van der Waals surface area contributed by atoms with Gasteiger partial charge in [-0.2, -0.15) is 0 Å². The lowest BCUT2D eigenvalue weighted by molar-refractivity contribution is 0.337. The SMILES string of the molecule is CCOc1cc(C)c(-c2csc(Cl)n2)cc1C. The second-order valence-corrected chi connectivity index (χ2v) is 5.29. The van der Waals surface area contributed by atoms with Gasteiger partial charge in [-0.25, -0.2) is 4.98 Å². The van der Waals surface area contributed by atoms with E-state index in [1.807, 2.05) is 19.2 Å². The molecule has 1 heterocycles. The van der Waals surface area contributed by atoms with E-state index in [1.54, 1.807) is 0 Å². The quantitative estimate of drug-likeness (QED) is 0.818. The van der Waals surface area contributed by atoms with Gasteiger partial charge in [0.25, 0.3) is 0 Å². The molecule has 0 unspecified atom stereocenters. The number of aromatic nitrogens is 1. The molecule has 4 heteroatoms. The minimum atomic E-state index is 0.575. The predicted octanol–water partition coefficient (Wildman–Crippen LogP) is 4.48. The smallest absolute Gasteiger partial charge is 0.184 e. The maximum absolute atomic E-state index is 5.87. The molecule has 2 nitrogen and oxygen atoms in total. The summed E-state index contributed by atoms with van der Waals surface area (Å²) >= 11 is 7.32. The maximum Gasteiger partial charge on any atom is 0.184 e. The molecule has 0 saturated carbocycles. The normalized spacial score (nSPS) is 10.6. The van der Waals surface area contributed by atoms with Crippen LogP contribution in [0.3, 0.4) is 0 Å². The van der Waals surface area contributed by atoms with Crippen LogP contribution in [0.25, 0.3) is 11.3 Å². The van der Waals surface area contributed by atoms with Crippen molar-refractivity contribution in [3.05, 3.63) is 33.1 Å². The average molecular weight is 268 g/mol. The van der Waals surface area contributed by atoms with Crippen molar-refractivity contribution in [1.82, 2.24) is 4.98 Å². The Morgan fingerprint density at radius 1 is 1.29 bits per heavy atom. The number of ether oxygens (including phenoxy) is 1. The van der Waals surface area contributed by atoms with Crippen LogP contribution in [0.4, 0.5) is 0 Å². The van der Waals surface area contributed by atoms with Crippen LogP contribution < -0.4 is 4.74 Å². The Kier molecular flexibility index (Phi) is 3.69. The third-order valence-electron chi connectivity index (χ3n) is 2.57. The summed E-state index contributed by atoms with van der Waals surface area (Å²) in [6.07, 6.45) is 0. The van der Waals surface area contributed by atoms with E-state index in [-0.39, 0.29) is 0 Å². The molecular weight excluding hydrogens is 254 g/mol. The van der Waals surface area contributed by atoms with Crippen LogP contribution in [-0.4, -0.2) is 11.6 Å². The summed E-state index contributed by atoms with van der Waals surface area (Å²) in [5.41, 5.74) is 4.33. The standard InChI is InChI=1S/C13H14ClNOS/c1-4-16-12-6-8(2)10(5-9(12)3)11-7-17-13(14)15-11/h5-7H,4H2,1-3H3. The molecule has 0 amide bonds. The molecule has 17 heavy (non-hydrogen) atoms. The molecule has 0 aliphatic carbocycles. The van der Waals surface area contributed by atoms with E-state index in [1.165, 1.54) is 11.3 Å². The lowest BCUT2D eigenvalue weighted by Gasteiger charge is -2.11. The van der Waals surface area contributed by atoms with E-state index in [2.05, 4.69) is 24.0 Å². The highest BCUT2D eigenvalue weighted by molar-refractivity contribution is 7.14. The number of halogens is 1. The summed E-state index contributed by atoms with van der Waals surface area (Å²) < 4.78 is 6.14. The van der Waals surface area contributed by atoms with E-state index < -0.39 is 0 Å². The zero-order chi connectivity index (χ0) is 12.4. The number of hydrogen-bond acceptors (Lipinski definition) is 3. The molecule has 2 aromatic rings. The van der Waals surface area contributed by atoms with Crippen molar-refractivity contribution in [1.29, 1.82) is 0 Å². The Balaban J connectivity index is 2.46. The maximum atomic E-state index is 5.87. The van der Waals surface area contributed by atoms with Gasteiger partial charge in [0.05, 0.1) is 12.3 Å². The first kappa shape index (κ1) is 12.4. The van der Waals surface area contributed by atoms with Crippen molar-refractivity contribution in [3.63, 3.8) is 0 Å². The van der Waals surface area contributed by atoms with Gasteiger partial charge in [0.15, 0.2) is 4.47 Å². The summed E-state index contributed by atoms with van der Waals surface area (Å²) in [5, 5.41) is 1.98. The molecule has 0 N–H and O–H groups in total. The Bertz CT molecular complexity index is 536. The van der Waals surface area contributed by atoms with Crippen LogP contribution in [0.2, 0.25) is 4.47 Å². The first-order valence-electron chi connectivity index (χ1n) is 5.47. The molecule has 1 aromatic heterocycles. The van der Waals surface area contributed by atoms with Crippen molar-refractivity contribution in [2.24, 2.45) is 0 Å². The van der Waals surface area contributed by atoms with E-state index in [4.69, 9.17) is 16.3 Å². The van der Waals surface area contributed by atoms with Gasteiger partial charge >= 0.3 is 0 Å². The van der Waals surface area contributed by atoms with E-state index in [0.717, 1.165) is 28.1 Å². The fourth-order valence-electron chi connectivity index (χ4n) is 1.75. The van der Waals surface area contributed by atoms with Crippen molar-refractivity contribution in [3.8, 4) is 17.0 Å². The average Bonchev–Trinajstić information content (AvgIpc) is 2.70. The van der Waals surface area contributed by atoms with E-state index in [0.29, 0.717) is 11.1 Å². The lowest BCUT2D eigenvalue weighted by atomic mass is 10.0. The summed E-state index contributed by atoms with van der Waals surface area (Å²) in [6, 6.07) is 4.16. The minimum absolute atomic E-state index is 0.575. The topological polar surface area (TPSA) is 22.1 Å². The molecule has 0 aliphatic heterocycles. The molecule has 0 saturated heterocycles. The monoisotopic (exact) mass is 267 g/mol. The largest absolute Gasteiger partial charge is 0.494 e. The first-order valence-corrected chi connectivity index (χ1v) is 6.73. The summed E-state index contributed by atoms with van der Waals surface area (Å²) in [4.78, 5) is 4.30. The molecule has 0 radical (unpaired) electrons. The third kappa shape index (κ3) is 2.61. The molecule has 0 atom stereocenters. The number of nitrogens with zero attached hydrogens (tertiary/aromatic N) is 1. The van der Waals surface area contributed by atoms with Crippen LogP contribution in [0.5, 0.6) is 5.75 Å². The van der Waals surface area contributed by atoms with E-state index in [9.17, 15) is 0 Å². The van der Waals surface area contributed by atoms with Crippen molar-refractivity contribution < 1.29 is 4.74 Å². The van der Waals surface area contributed by atoms with Crippen molar-refractivity contribution in [2.45, 2.75) is 20.8 Å². The van der Waals surface area contributed by atoms with Crippen LogP contribution in [-0.2, 0) is 0 Å². The van der Waals surface area contributed by atoms with Crippen LogP contribution in [0.15, 0.2) is 17.5 Å². The number of rotatable bonds is 3. The number of benzene rings is 1. The molecule has 0 fully saturated rings. The zero-order valence-corrected chi connectivity index (χ0v) is 11.7. The van der Waals surface area contributed by atoms with E-state index >= 15 is 0 Å². The van der Waals surface area contributed by atoms with Gasteiger partial charge in [-0.1, -0.05) is 11.6 Å². The van der Waals surface area contributed by atoms with Gasteiger partial charge in [0.2, 0.25) is 0 Å². The highest BCUT2D eigenvalue weighted by atomic mass is 35.5. The van der Waals surface area contributed by atoms with Gasteiger partial charge in [-0.15, -0.1) is 11.3 Å². The minimum Gasteiger partial charge on any atom is -0.494 e. The lowest BCUT2D eigenvalue weighted by Crippen LogP contribution is -1.96. The summed E-state index contributed by atoms with van der Waals surface area (Å²) in [5.74, 6) is 0.940. The molecule has 1 aromatic carbocycles. The molecule has 0 spiro atoms. The van der Waals surface area contributed by atoms with Crippen molar-refractivity contribution >= 4 is 22.9 Å². The van der Waals surface area contributed by atoms with Crippen LogP contribution in [0, 0.1) is 13.8 Å². The fourth-order valence-corrected chi connectivity index (χ4v) is 2.52. The Morgan fingerprint density at radius 2 is 2.06 bits per heavy atom. The Hall–Kier alpha value is -1.06. The highest BCUT2D eigenvalue weighted by Gasteiger charge is 2.09. The first-order chi connectivity index (χ1) is 8.11. The number of hydrogen-bond donors (Lipinski definition) is 0. The predicted molar refractivity (Wildman–Crippen MR) is 73.2 cm³/mol. The summed E-state index contributed by atoms with van der Waals surface area (Å²) in [6.45, 7) is 6.78. The number of thiazole rings is 1. The van der Waals surface area contributed by atoms with Crippen LogP contribution in [0.1, 0.15) is 18.1 Å². The van der Waals surface area contributed by atoms with Gasteiger partial charge < -0.3 is 4.74 Å². The van der Waals surface area contributed by atoms with Gasteiger partial charge in [-0.05, 0) is 44.0 Å². The molecular formula is C13H14ClNOS. The van der Waals surface area contributed by atoms with Crippen molar-refractivity contribution in [2.75, 3.05) is 6.61 Å². The molecule has 2 rings (SSSR count). The third-order valence-corrected chi connectivity index (χ3v) is 3.55. The Morgan fingerprint density at radius 3 is 2.65 bits per heavy atom. The summed E-state index contributed by atoms with van der Waals surface area (Å²) in [7, 11) is 0.